The second kappa shape index (κ2) is 8.86. The van der Waals surface area contributed by atoms with Crippen LogP contribution in [-0.4, -0.2) is 39.1 Å². The maximum Gasteiger partial charge on any atom is 0.128 e. The molecule has 98 valence electrons. The quantitative estimate of drug-likeness (QED) is 0.548. The van der Waals surface area contributed by atoms with Crippen molar-refractivity contribution in [3.63, 3.8) is 0 Å². The van der Waals surface area contributed by atoms with Crippen molar-refractivity contribution in [1.29, 1.82) is 0 Å². The molecule has 1 aromatic rings. The smallest absolute Gasteiger partial charge is 0.128 e. The lowest BCUT2D eigenvalue weighted by atomic mass is 10.3. The van der Waals surface area contributed by atoms with Gasteiger partial charge in [-0.15, -0.1) is 0 Å². The largest absolute Gasteiger partial charge is 0.329 e. The molecule has 0 heterocycles. The molecule has 0 spiro atoms. The SMILES string of the molecule is CN(C)C.NCCNNc1cc(F)cc(F)c1. The number of rotatable bonds is 4. The van der Waals surface area contributed by atoms with Crippen molar-refractivity contribution in [3.8, 4) is 0 Å². The summed E-state index contributed by atoms with van der Waals surface area (Å²) in [4.78, 5) is 2.00. The Hall–Kier alpha value is -1.24. The zero-order valence-corrected chi connectivity index (χ0v) is 10.4. The van der Waals surface area contributed by atoms with Crippen LogP contribution in [0.25, 0.3) is 0 Å². The number of hydrogen-bond donors (Lipinski definition) is 3. The van der Waals surface area contributed by atoms with Crippen LogP contribution < -0.4 is 16.6 Å². The molecule has 0 atom stereocenters. The van der Waals surface area contributed by atoms with Crippen molar-refractivity contribution < 1.29 is 8.78 Å². The van der Waals surface area contributed by atoms with Crippen LogP contribution in [0.1, 0.15) is 0 Å². The molecular weight excluding hydrogens is 226 g/mol. The molecule has 4 nitrogen and oxygen atoms in total. The van der Waals surface area contributed by atoms with Gasteiger partial charge in [-0.05, 0) is 33.3 Å². The summed E-state index contributed by atoms with van der Waals surface area (Å²) < 4.78 is 25.2. The van der Waals surface area contributed by atoms with Crippen LogP contribution >= 0.6 is 0 Å². The molecule has 0 amide bonds. The molecule has 0 aliphatic heterocycles. The van der Waals surface area contributed by atoms with Crippen molar-refractivity contribution in [3.05, 3.63) is 29.8 Å². The first-order valence-electron chi connectivity index (χ1n) is 5.21. The number of halogens is 2. The number of hydrogen-bond acceptors (Lipinski definition) is 4. The molecule has 0 bridgehead atoms. The van der Waals surface area contributed by atoms with Crippen LogP contribution in [-0.2, 0) is 0 Å². The van der Waals surface area contributed by atoms with Crippen molar-refractivity contribution in [2.24, 2.45) is 5.73 Å². The lowest BCUT2D eigenvalue weighted by Gasteiger charge is -2.06. The van der Waals surface area contributed by atoms with E-state index in [0.717, 1.165) is 6.07 Å². The summed E-state index contributed by atoms with van der Waals surface area (Å²) >= 11 is 0. The van der Waals surface area contributed by atoms with Gasteiger partial charge in [-0.3, -0.25) is 0 Å². The zero-order chi connectivity index (χ0) is 13.3. The third kappa shape index (κ3) is 9.68. The summed E-state index contributed by atoms with van der Waals surface area (Å²) in [7, 11) is 6.00. The molecule has 4 N–H and O–H groups in total. The Balaban J connectivity index is 0.000000557. The van der Waals surface area contributed by atoms with Crippen LogP contribution in [0, 0.1) is 11.6 Å². The van der Waals surface area contributed by atoms with E-state index < -0.39 is 11.6 Å². The summed E-state index contributed by atoms with van der Waals surface area (Å²) in [5.74, 6) is -1.23. The normalized spacial score (nSPS) is 9.82. The second-order valence-electron chi connectivity index (χ2n) is 3.84. The topological polar surface area (TPSA) is 53.3 Å². The number of nitrogens with zero attached hydrogens (tertiary/aromatic N) is 1. The van der Waals surface area contributed by atoms with Gasteiger partial charge in [0, 0.05) is 19.2 Å². The van der Waals surface area contributed by atoms with E-state index >= 15 is 0 Å². The second-order valence-corrected chi connectivity index (χ2v) is 3.84. The zero-order valence-electron chi connectivity index (χ0n) is 10.4. The van der Waals surface area contributed by atoms with Crippen LogP contribution in [0.15, 0.2) is 18.2 Å². The highest BCUT2D eigenvalue weighted by Crippen LogP contribution is 2.11. The third-order valence-corrected chi connectivity index (χ3v) is 1.36. The summed E-state index contributed by atoms with van der Waals surface area (Å²) in [6.45, 7) is 0.975. The Kier molecular flexibility index (Phi) is 8.21. The first-order chi connectivity index (χ1) is 7.95. The van der Waals surface area contributed by atoms with Gasteiger partial charge in [0.2, 0.25) is 0 Å². The molecule has 17 heavy (non-hydrogen) atoms. The monoisotopic (exact) mass is 246 g/mol. The van der Waals surface area contributed by atoms with Gasteiger partial charge < -0.3 is 16.1 Å². The molecule has 0 fully saturated rings. The van der Waals surface area contributed by atoms with E-state index in [-0.39, 0.29) is 0 Å². The molecule has 1 rings (SSSR count). The predicted octanol–water partition coefficient (Wildman–Crippen LogP) is 1.02. The van der Waals surface area contributed by atoms with Crippen molar-refractivity contribution in [2.75, 3.05) is 39.7 Å². The van der Waals surface area contributed by atoms with E-state index in [9.17, 15) is 8.78 Å². The van der Waals surface area contributed by atoms with Crippen molar-refractivity contribution in [2.45, 2.75) is 0 Å². The van der Waals surface area contributed by atoms with Crippen molar-refractivity contribution >= 4 is 5.69 Å². The highest BCUT2D eigenvalue weighted by molar-refractivity contribution is 5.42. The summed E-state index contributed by atoms with van der Waals surface area (Å²) in [5, 5.41) is 0. The van der Waals surface area contributed by atoms with Gasteiger partial charge in [0.25, 0.3) is 0 Å². The highest BCUT2D eigenvalue weighted by Gasteiger charge is 1.98. The Labute approximate surface area is 101 Å². The third-order valence-electron chi connectivity index (χ3n) is 1.36. The van der Waals surface area contributed by atoms with E-state index in [2.05, 4.69) is 10.9 Å². The lowest BCUT2D eigenvalue weighted by molar-refractivity contribution is 0.505. The van der Waals surface area contributed by atoms with Crippen LogP contribution in [0.2, 0.25) is 0 Å². The Morgan fingerprint density at radius 2 is 1.59 bits per heavy atom. The summed E-state index contributed by atoms with van der Waals surface area (Å²) in [5.41, 5.74) is 10.9. The van der Waals surface area contributed by atoms with Gasteiger partial charge in [0.15, 0.2) is 0 Å². The highest BCUT2D eigenvalue weighted by atomic mass is 19.1. The van der Waals surface area contributed by atoms with E-state index in [1.54, 1.807) is 0 Å². The van der Waals surface area contributed by atoms with Crippen LogP contribution in [0.3, 0.4) is 0 Å². The number of hydrazine groups is 1. The summed E-state index contributed by atoms with van der Waals surface area (Å²) in [6, 6.07) is 3.19. The molecule has 1 aromatic carbocycles. The lowest BCUT2D eigenvalue weighted by Crippen LogP contribution is -2.27. The van der Waals surface area contributed by atoms with Crippen molar-refractivity contribution in [1.82, 2.24) is 10.3 Å². The molecular formula is C11H20F2N4. The van der Waals surface area contributed by atoms with E-state index in [0.29, 0.717) is 18.8 Å². The summed E-state index contributed by atoms with van der Waals surface area (Å²) in [6.07, 6.45) is 0. The van der Waals surface area contributed by atoms with Gasteiger partial charge in [0.1, 0.15) is 11.6 Å². The average molecular weight is 246 g/mol. The van der Waals surface area contributed by atoms with Crippen LogP contribution in [0.4, 0.5) is 14.5 Å². The minimum atomic E-state index is -0.614. The molecule has 0 aromatic heterocycles. The Morgan fingerprint density at radius 3 is 2.00 bits per heavy atom. The van der Waals surface area contributed by atoms with Gasteiger partial charge in [0.05, 0.1) is 5.69 Å². The van der Waals surface area contributed by atoms with Crippen LogP contribution in [0.5, 0.6) is 0 Å². The predicted molar refractivity (Wildman–Crippen MR) is 66.6 cm³/mol. The average Bonchev–Trinajstić information content (AvgIpc) is 2.15. The van der Waals surface area contributed by atoms with Gasteiger partial charge in [-0.1, -0.05) is 0 Å². The number of anilines is 1. The Bertz CT molecular complexity index is 295. The first-order valence-corrected chi connectivity index (χ1v) is 5.21. The van der Waals surface area contributed by atoms with E-state index in [1.807, 2.05) is 26.0 Å². The minimum Gasteiger partial charge on any atom is -0.329 e. The fourth-order valence-electron chi connectivity index (χ4n) is 0.863. The number of benzene rings is 1. The Morgan fingerprint density at radius 1 is 1.12 bits per heavy atom. The van der Waals surface area contributed by atoms with Gasteiger partial charge in [-0.25, -0.2) is 14.2 Å². The van der Waals surface area contributed by atoms with Gasteiger partial charge >= 0.3 is 0 Å². The van der Waals surface area contributed by atoms with E-state index in [4.69, 9.17) is 5.73 Å². The van der Waals surface area contributed by atoms with Gasteiger partial charge in [-0.2, -0.15) is 0 Å². The number of nitrogens with one attached hydrogen (secondary N) is 2. The molecule has 0 unspecified atom stereocenters. The molecule has 0 radical (unpaired) electrons. The minimum absolute atomic E-state index is 0.339. The maximum absolute atomic E-state index is 12.6. The molecule has 6 heteroatoms. The molecule has 0 aliphatic rings. The first kappa shape index (κ1) is 15.8. The standard InChI is InChI=1S/C8H11F2N3.C3H9N/c9-6-3-7(10)5-8(4-6)13-12-2-1-11;1-4(2)3/h3-5,12-13H,1-2,11H2;1-3H3. The molecule has 0 saturated carbocycles. The maximum atomic E-state index is 12.6. The molecule has 0 aliphatic carbocycles. The fraction of sp³-hybridized carbons (Fsp3) is 0.455. The fourth-order valence-corrected chi connectivity index (χ4v) is 0.863. The number of nitrogens with two attached hydrogens (primary N) is 1. The van der Waals surface area contributed by atoms with E-state index in [1.165, 1.54) is 12.1 Å². The molecule has 0 saturated heterocycles.